The first-order valence-corrected chi connectivity index (χ1v) is 13.2. The lowest BCUT2D eigenvalue weighted by Gasteiger charge is -2.22. The molecule has 2 saturated heterocycles. The molecule has 2 heterocycles. The highest BCUT2D eigenvalue weighted by Crippen LogP contribution is 2.43. The van der Waals surface area contributed by atoms with Gasteiger partial charge in [0.1, 0.15) is 29.0 Å². The van der Waals surface area contributed by atoms with Gasteiger partial charge in [-0.2, -0.15) is 13.2 Å². The number of hydrogen-bond acceptors (Lipinski definition) is 6. The molecule has 0 spiro atoms. The lowest BCUT2D eigenvalue weighted by molar-refractivity contribution is -0.0799. The molecule has 5 atom stereocenters. The van der Waals surface area contributed by atoms with E-state index in [1.807, 2.05) is 36.4 Å². The van der Waals surface area contributed by atoms with Crippen molar-refractivity contribution in [2.24, 2.45) is 0 Å². The fourth-order valence-electron chi connectivity index (χ4n) is 3.82. The van der Waals surface area contributed by atoms with Crippen LogP contribution in [0.1, 0.15) is 17.5 Å². The van der Waals surface area contributed by atoms with Crippen molar-refractivity contribution in [3.05, 3.63) is 83.3 Å². The monoisotopic (exact) mass is 518 g/mol. The smallest absolute Gasteiger partial charge is 0.485 e. The van der Waals surface area contributed by atoms with Crippen molar-refractivity contribution in [3.8, 4) is 0 Å². The van der Waals surface area contributed by atoms with Gasteiger partial charge < -0.3 is 19.1 Å². The first-order valence-electron chi connectivity index (χ1n) is 10.4. The maximum Gasteiger partial charge on any atom is 0.485 e. The van der Waals surface area contributed by atoms with Crippen LogP contribution in [-0.2, 0) is 43.7 Å². The fraction of sp³-hybridized carbons (Fsp3) is 0.391. The van der Waals surface area contributed by atoms with E-state index >= 15 is 0 Å². The van der Waals surface area contributed by atoms with Crippen LogP contribution >= 0.6 is 0 Å². The standard InChI is InChI=1S/C22H25O3S.CHF3O3S/c1-16-12-19(23)22-21(25-14-18-10-6-3-7-11-18)20(15-26(16)22)24-13-17-8-4-2-5-9-17;2-1(3,4)8(5,6)7/h2-11,19-23H,1,12-15H2;(H,5,6,7)/q+1;/p-1/t19-,20-,21+,22-,26?;/m1./s1. The third-order valence-electron chi connectivity index (χ3n) is 5.43. The molecule has 2 aliphatic heterocycles. The minimum Gasteiger partial charge on any atom is -0.741 e. The summed E-state index contributed by atoms with van der Waals surface area (Å²) in [5.74, 6) is 0.910. The number of aliphatic hydroxyl groups excluding tert-OH is 1. The second kappa shape index (κ2) is 11.2. The molecule has 11 heteroatoms. The first-order chi connectivity index (χ1) is 16.0. The average molecular weight is 519 g/mol. The number of alkyl halides is 3. The number of hydrogen-bond donors (Lipinski definition) is 1. The Labute approximate surface area is 199 Å². The Balaban J connectivity index is 0.000000350. The summed E-state index contributed by atoms with van der Waals surface area (Å²) in [5, 5.41) is 10.7. The van der Waals surface area contributed by atoms with Gasteiger partial charge in [-0.1, -0.05) is 60.7 Å². The van der Waals surface area contributed by atoms with Crippen LogP contribution < -0.4 is 0 Å². The van der Waals surface area contributed by atoms with Gasteiger partial charge in [-0.05, 0) is 17.7 Å². The van der Waals surface area contributed by atoms with Gasteiger partial charge in [0.25, 0.3) is 0 Å². The topological polar surface area (TPSA) is 95.9 Å². The quantitative estimate of drug-likeness (QED) is 0.357. The predicted octanol–water partition coefficient (Wildman–Crippen LogP) is 3.49. The lowest BCUT2D eigenvalue weighted by Crippen LogP contribution is -2.40. The molecule has 4 rings (SSSR count). The summed E-state index contributed by atoms with van der Waals surface area (Å²) in [6.45, 7) is 5.31. The molecule has 186 valence electrons. The van der Waals surface area contributed by atoms with Gasteiger partial charge >= 0.3 is 5.51 Å². The fourth-order valence-corrected chi connectivity index (χ4v) is 6.74. The Morgan fingerprint density at radius 2 is 1.47 bits per heavy atom. The van der Waals surface area contributed by atoms with E-state index in [4.69, 9.17) is 22.4 Å². The van der Waals surface area contributed by atoms with Crippen LogP contribution in [0.25, 0.3) is 0 Å². The third-order valence-corrected chi connectivity index (χ3v) is 8.83. The Hall–Kier alpha value is -1.89. The van der Waals surface area contributed by atoms with E-state index in [2.05, 4.69) is 30.8 Å². The maximum absolute atomic E-state index is 10.7. The molecule has 1 unspecified atom stereocenters. The van der Waals surface area contributed by atoms with Crippen molar-refractivity contribution in [2.45, 2.75) is 48.7 Å². The molecule has 0 saturated carbocycles. The summed E-state index contributed by atoms with van der Waals surface area (Å²) >= 11 is 0. The summed E-state index contributed by atoms with van der Waals surface area (Å²) in [6.07, 6.45) is 0.247. The van der Waals surface area contributed by atoms with E-state index in [0.717, 1.165) is 16.9 Å². The zero-order chi connectivity index (χ0) is 24.9. The zero-order valence-corrected chi connectivity index (χ0v) is 19.7. The zero-order valence-electron chi connectivity index (χ0n) is 18.1. The van der Waals surface area contributed by atoms with Crippen molar-refractivity contribution in [1.82, 2.24) is 0 Å². The van der Waals surface area contributed by atoms with Gasteiger partial charge in [0.05, 0.1) is 13.2 Å². The van der Waals surface area contributed by atoms with Crippen LogP contribution in [0.2, 0.25) is 0 Å². The van der Waals surface area contributed by atoms with Crippen LogP contribution in [0.4, 0.5) is 13.2 Å². The normalized spacial score (nSPS) is 26.6. The van der Waals surface area contributed by atoms with E-state index in [1.165, 1.54) is 4.91 Å². The Morgan fingerprint density at radius 3 is 1.94 bits per heavy atom. The minimum absolute atomic E-state index is 0.000971. The Bertz CT molecular complexity index is 1050. The largest absolute Gasteiger partial charge is 0.741 e. The molecule has 0 amide bonds. The number of halogens is 3. The molecular weight excluding hydrogens is 493 g/mol. The molecule has 0 aromatic heterocycles. The van der Waals surface area contributed by atoms with Gasteiger partial charge in [-0.25, -0.2) is 8.42 Å². The second-order valence-electron chi connectivity index (χ2n) is 7.87. The molecular formula is C23H25F3O6S2. The molecule has 2 fully saturated rings. The molecule has 0 radical (unpaired) electrons. The second-order valence-corrected chi connectivity index (χ2v) is 11.6. The van der Waals surface area contributed by atoms with Gasteiger partial charge in [0.2, 0.25) is 0 Å². The Kier molecular flexibility index (Phi) is 8.82. The number of ether oxygens (including phenoxy) is 2. The molecule has 34 heavy (non-hydrogen) atoms. The van der Waals surface area contributed by atoms with E-state index in [0.29, 0.717) is 19.6 Å². The van der Waals surface area contributed by atoms with Crippen molar-refractivity contribution < 1.29 is 40.7 Å². The van der Waals surface area contributed by atoms with Crippen LogP contribution in [0.5, 0.6) is 0 Å². The van der Waals surface area contributed by atoms with E-state index in [-0.39, 0.29) is 34.5 Å². The van der Waals surface area contributed by atoms with Crippen molar-refractivity contribution in [3.63, 3.8) is 0 Å². The third kappa shape index (κ3) is 6.83. The van der Waals surface area contributed by atoms with E-state index in [9.17, 15) is 18.3 Å². The van der Waals surface area contributed by atoms with Crippen LogP contribution in [-0.4, -0.2) is 52.9 Å². The molecule has 0 bridgehead atoms. The SMILES string of the molecule is C=C1C[C@@H](O)[C@@H]2[C@@H](OCc3ccccc3)[C@H](OCc3ccccc3)C[S+]12.O=S(=O)([O-])C(F)(F)F. The highest BCUT2D eigenvalue weighted by atomic mass is 32.2. The number of fused-ring (bicyclic) bond motifs is 1. The van der Waals surface area contributed by atoms with Crippen LogP contribution in [0.15, 0.2) is 72.1 Å². The molecule has 2 aromatic carbocycles. The summed E-state index contributed by atoms with van der Waals surface area (Å²) in [4.78, 5) is 1.17. The molecule has 0 aliphatic carbocycles. The van der Waals surface area contributed by atoms with Gasteiger partial charge in [-0.15, -0.1) is 0 Å². The molecule has 6 nitrogen and oxygen atoms in total. The number of rotatable bonds is 6. The highest BCUT2D eigenvalue weighted by molar-refractivity contribution is 8.01. The van der Waals surface area contributed by atoms with Crippen molar-refractivity contribution >= 4 is 21.0 Å². The van der Waals surface area contributed by atoms with Gasteiger partial charge in [0.15, 0.2) is 15.4 Å². The molecule has 1 N–H and O–H groups in total. The minimum atomic E-state index is -6.09. The highest BCUT2D eigenvalue weighted by Gasteiger charge is 2.61. The summed E-state index contributed by atoms with van der Waals surface area (Å²) in [5.41, 5.74) is -3.34. The van der Waals surface area contributed by atoms with Crippen LogP contribution in [0.3, 0.4) is 0 Å². The van der Waals surface area contributed by atoms with Crippen molar-refractivity contribution in [1.29, 1.82) is 0 Å². The average Bonchev–Trinajstić information content (AvgIpc) is 3.28. The Morgan fingerprint density at radius 1 is 1.00 bits per heavy atom. The van der Waals surface area contributed by atoms with E-state index < -0.39 is 15.6 Å². The molecule has 2 aromatic rings. The van der Waals surface area contributed by atoms with E-state index in [1.54, 1.807) is 0 Å². The number of aliphatic hydroxyl groups is 1. The van der Waals surface area contributed by atoms with Crippen LogP contribution in [0, 0.1) is 0 Å². The van der Waals surface area contributed by atoms with Gasteiger partial charge in [-0.3, -0.25) is 0 Å². The van der Waals surface area contributed by atoms with Gasteiger partial charge in [0, 0.05) is 17.3 Å². The predicted molar refractivity (Wildman–Crippen MR) is 122 cm³/mol. The number of benzene rings is 2. The molecule has 2 aliphatic rings. The first kappa shape index (κ1) is 26.7. The van der Waals surface area contributed by atoms with Crippen molar-refractivity contribution in [2.75, 3.05) is 5.75 Å². The maximum atomic E-state index is 10.7. The lowest BCUT2D eigenvalue weighted by atomic mass is 10.0. The summed E-state index contributed by atoms with van der Waals surface area (Å²) in [6, 6.07) is 20.4. The summed E-state index contributed by atoms with van der Waals surface area (Å²) in [7, 11) is -6.10. The summed E-state index contributed by atoms with van der Waals surface area (Å²) < 4.78 is 71.5.